The summed E-state index contributed by atoms with van der Waals surface area (Å²) in [6.45, 7) is 5.46. The van der Waals surface area contributed by atoms with Crippen LogP contribution in [-0.2, 0) is 0 Å². The first-order valence-corrected chi connectivity index (χ1v) is 5.92. The molecule has 0 aliphatic carbocycles. The minimum absolute atomic E-state index is 0.245. The van der Waals surface area contributed by atoms with E-state index >= 15 is 0 Å². The van der Waals surface area contributed by atoms with Crippen LogP contribution in [0.3, 0.4) is 0 Å². The van der Waals surface area contributed by atoms with Gasteiger partial charge in [-0.05, 0) is 26.7 Å². The molecular formula is C11H18N4O2. The molecule has 0 aromatic carbocycles. The average molecular weight is 238 g/mol. The van der Waals surface area contributed by atoms with E-state index in [9.17, 15) is 4.79 Å². The lowest BCUT2D eigenvalue weighted by molar-refractivity contribution is 0.161. The van der Waals surface area contributed by atoms with Gasteiger partial charge in [-0.3, -0.25) is 10.7 Å². The Hall–Kier alpha value is -1.56. The zero-order valence-electron chi connectivity index (χ0n) is 10.2. The predicted molar refractivity (Wildman–Crippen MR) is 63.6 cm³/mol. The summed E-state index contributed by atoms with van der Waals surface area (Å²) in [5.41, 5.74) is 3.57. The van der Waals surface area contributed by atoms with Crippen molar-refractivity contribution in [2.45, 2.75) is 33.1 Å². The van der Waals surface area contributed by atoms with Crippen molar-refractivity contribution in [2.75, 3.05) is 18.4 Å². The number of amides is 2. The molecular weight excluding hydrogens is 220 g/mol. The molecule has 2 rings (SSSR count). The summed E-state index contributed by atoms with van der Waals surface area (Å²) in [4.78, 5) is 15.7. The van der Waals surface area contributed by atoms with E-state index in [2.05, 4.69) is 15.7 Å². The number of carbonyl (C=O) groups is 1. The number of hydrogen-bond donors (Lipinski definition) is 2. The van der Waals surface area contributed by atoms with Gasteiger partial charge < -0.3 is 4.42 Å². The van der Waals surface area contributed by atoms with E-state index in [1.165, 1.54) is 6.42 Å². The largest absolute Gasteiger partial charge is 0.428 e. The standard InChI is InChI=1S/C11H18N4O2/c1-8-9(2)17-11(12-8)13-10(16)14-15-6-4-3-5-7-15/h3-7H2,1-2H3,(H2,12,13,14,16). The fourth-order valence-corrected chi connectivity index (χ4v) is 1.80. The Labute approximate surface area is 100 Å². The normalized spacial score (nSPS) is 16.8. The number of rotatable bonds is 2. The minimum atomic E-state index is -0.298. The highest BCUT2D eigenvalue weighted by atomic mass is 16.4. The van der Waals surface area contributed by atoms with Gasteiger partial charge in [-0.25, -0.2) is 9.80 Å². The average Bonchev–Trinajstić information content (AvgIpc) is 2.59. The van der Waals surface area contributed by atoms with Gasteiger partial charge in [-0.15, -0.1) is 0 Å². The summed E-state index contributed by atoms with van der Waals surface area (Å²) in [7, 11) is 0. The maximum atomic E-state index is 11.6. The van der Waals surface area contributed by atoms with Gasteiger partial charge in [0, 0.05) is 13.1 Å². The van der Waals surface area contributed by atoms with Crippen molar-refractivity contribution in [3.8, 4) is 0 Å². The van der Waals surface area contributed by atoms with Crippen molar-refractivity contribution >= 4 is 12.0 Å². The molecule has 0 radical (unpaired) electrons. The summed E-state index contributed by atoms with van der Waals surface area (Å²) in [6, 6.07) is -0.0531. The van der Waals surface area contributed by atoms with Gasteiger partial charge in [0.05, 0.1) is 5.69 Å². The SMILES string of the molecule is Cc1nc(NC(=O)NN2CCCCC2)oc1C. The molecule has 94 valence electrons. The number of aryl methyl sites for hydroxylation is 2. The van der Waals surface area contributed by atoms with E-state index in [-0.39, 0.29) is 12.0 Å². The van der Waals surface area contributed by atoms with Crippen molar-refractivity contribution in [1.82, 2.24) is 15.4 Å². The molecule has 2 N–H and O–H groups in total. The van der Waals surface area contributed by atoms with Gasteiger partial charge >= 0.3 is 12.0 Å². The second-order valence-electron chi connectivity index (χ2n) is 4.27. The summed E-state index contributed by atoms with van der Waals surface area (Å²) in [5.74, 6) is 0.721. The molecule has 2 amide bonds. The van der Waals surface area contributed by atoms with Gasteiger partial charge in [0.2, 0.25) is 0 Å². The molecule has 1 aliphatic heterocycles. The summed E-state index contributed by atoms with van der Waals surface area (Å²) in [5, 5.41) is 4.50. The first-order chi connectivity index (χ1) is 8.15. The maximum Gasteiger partial charge on any atom is 0.337 e. The molecule has 0 saturated carbocycles. The molecule has 1 aromatic rings. The van der Waals surface area contributed by atoms with Crippen LogP contribution in [0.4, 0.5) is 10.8 Å². The number of piperidine rings is 1. The Morgan fingerprint density at radius 3 is 2.59 bits per heavy atom. The molecule has 2 heterocycles. The van der Waals surface area contributed by atoms with E-state index in [0.29, 0.717) is 0 Å². The zero-order chi connectivity index (χ0) is 12.3. The van der Waals surface area contributed by atoms with Crippen LogP contribution in [0.5, 0.6) is 0 Å². The number of hydrogen-bond acceptors (Lipinski definition) is 4. The van der Waals surface area contributed by atoms with Crippen LogP contribution in [0.25, 0.3) is 0 Å². The highest BCUT2D eigenvalue weighted by Gasteiger charge is 2.14. The fourth-order valence-electron chi connectivity index (χ4n) is 1.80. The first-order valence-electron chi connectivity index (χ1n) is 5.92. The highest BCUT2D eigenvalue weighted by Crippen LogP contribution is 2.12. The third kappa shape index (κ3) is 3.20. The topological polar surface area (TPSA) is 70.4 Å². The first kappa shape index (κ1) is 11.9. The molecule has 1 aromatic heterocycles. The van der Waals surface area contributed by atoms with E-state index in [1.807, 2.05) is 18.9 Å². The van der Waals surface area contributed by atoms with Gasteiger partial charge in [0.15, 0.2) is 0 Å². The Morgan fingerprint density at radius 2 is 2.00 bits per heavy atom. The monoisotopic (exact) mass is 238 g/mol. The Morgan fingerprint density at radius 1 is 1.29 bits per heavy atom. The van der Waals surface area contributed by atoms with E-state index in [1.54, 1.807) is 0 Å². The molecule has 6 heteroatoms. The highest BCUT2D eigenvalue weighted by molar-refractivity contribution is 5.86. The molecule has 0 unspecified atom stereocenters. The fraction of sp³-hybridized carbons (Fsp3) is 0.636. The summed E-state index contributed by atoms with van der Waals surface area (Å²) >= 11 is 0. The Kier molecular flexibility index (Phi) is 3.63. The Bertz CT molecular complexity index is 377. The van der Waals surface area contributed by atoms with Crippen LogP contribution in [0, 0.1) is 13.8 Å². The van der Waals surface area contributed by atoms with Crippen LogP contribution < -0.4 is 10.7 Å². The molecule has 6 nitrogen and oxygen atoms in total. The van der Waals surface area contributed by atoms with Crippen LogP contribution in [-0.4, -0.2) is 29.1 Å². The second kappa shape index (κ2) is 5.18. The molecule has 0 spiro atoms. The maximum absolute atomic E-state index is 11.6. The number of nitrogens with zero attached hydrogens (tertiary/aromatic N) is 2. The van der Waals surface area contributed by atoms with Crippen molar-refractivity contribution < 1.29 is 9.21 Å². The number of urea groups is 1. The van der Waals surface area contributed by atoms with Crippen LogP contribution in [0.2, 0.25) is 0 Å². The van der Waals surface area contributed by atoms with Crippen molar-refractivity contribution in [3.05, 3.63) is 11.5 Å². The van der Waals surface area contributed by atoms with Crippen molar-refractivity contribution in [2.24, 2.45) is 0 Å². The third-order valence-electron chi connectivity index (χ3n) is 2.86. The number of hydrazine groups is 1. The van der Waals surface area contributed by atoms with Gasteiger partial charge in [-0.2, -0.15) is 4.98 Å². The molecule has 1 aliphatic rings. The van der Waals surface area contributed by atoms with Crippen molar-refractivity contribution in [1.29, 1.82) is 0 Å². The molecule has 1 fully saturated rings. The van der Waals surface area contributed by atoms with Gasteiger partial charge in [0.25, 0.3) is 0 Å². The smallest absolute Gasteiger partial charge is 0.337 e. The van der Waals surface area contributed by atoms with Gasteiger partial charge in [-0.1, -0.05) is 6.42 Å². The second-order valence-corrected chi connectivity index (χ2v) is 4.27. The zero-order valence-corrected chi connectivity index (χ0v) is 10.2. The quantitative estimate of drug-likeness (QED) is 0.824. The van der Waals surface area contributed by atoms with Crippen LogP contribution >= 0.6 is 0 Å². The lowest BCUT2D eigenvalue weighted by Gasteiger charge is -2.26. The lowest BCUT2D eigenvalue weighted by atomic mass is 10.2. The lowest BCUT2D eigenvalue weighted by Crippen LogP contribution is -2.46. The van der Waals surface area contributed by atoms with Crippen molar-refractivity contribution in [3.63, 3.8) is 0 Å². The van der Waals surface area contributed by atoms with E-state index in [0.717, 1.165) is 37.4 Å². The van der Waals surface area contributed by atoms with E-state index < -0.39 is 0 Å². The summed E-state index contributed by atoms with van der Waals surface area (Å²) in [6.07, 6.45) is 3.48. The number of carbonyl (C=O) groups excluding carboxylic acids is 1. The number of oxazole rings is 1. The molecule has 1 saturated heterocycles. The third-order valence-corrected chi connectivity index (χ3v) is 2.86. The minimum Gasteiger partial charge on any atom is -0.428 e. The predicted octanol–water partition coefficient (Wildman–Crippen LogP) is 1.81. The molecule has 0 bridgehead atoms. The number of anilines is 1. The number of nitrogens with one attached hydrogen (secondary N) is 2. The molecule has 0 atom stereocenters. The number of aromatic nitrogens is 1. The van der Waals surface area contributed by atoms with E-state index in [4.69, 9.17) is 4.42 Å². The molecule has 17 heavy (non-hydrogen) atoms. The van der Waals surface area contributed by atoms with Crippen LogP contribution in [0.15, 0.2) is 4.42 Å². The van der Waals surface area contributed by atoms with Crippen LogP contribution in [0.1, 0.15) is 30.7 Å². The Balaban J connectivity index is 1.84. The van der Waals surface area contributed by atoms with Gasteiger partial charge in [0.1, 0.15) is 5.76 Å². The summed E-state index contributed by atoms with van der Waals surface area (Å²) < 4.78 is 5.27.